The maximum atomic E-state index is 12.1. The predicted molar refractivity (Wildman–Crippen MR) is 102 cm³/mol. The van der Waals surface area contributed by atoms with Gasteiger partial charge in [-0.3, -0.25) is 25.4 Å². The zero-order valence-corrected chi connectivity index (χ0v) is 16.1. The van der Waals surface area contributed by atoms with Crippen molar-refractivity contribution in [3.05, 3.63) is 46.4 Å². The molecule has 0 aromatic carbocycles. The van der Waals surface area contributed by atoms with Crippen molar-refractivity contribution in [2.45, 2.75) is 25.8 Å². The molecule has 7 nitrogen and oxygen atoms in total. The van der Waals surface area contributed by atoms with Gasteiger partial charge in [-0.1, -0.05) is 17.8 Å². The van der Waals surface area contributed by atoms with Gasteiger partial charge < -0.3 is 0 Å². The van der Waals surface area contributed by atoms with Crippen LogP contribution in [0.5, 0.6) is 0 Å². The number of thioether (sulfide) groups is 1. The highest BCUT2D eigenvalue weighted by Crippen LogP contribution is 2.34. The fraction of sp³-hybridized carbons (Fsp3) is 0.235. The molecule has 3 aromatic heterocycles. The Bertz CT molecular complexity index is 972. The summed E-state index contributed by atoms with van der Waals surface area (Å²) in [6.45, 7) is 5.91. The monoisotopic (exact) mass is 387 g/mol. The van der Waals surface area contributed by atoms with Crippen LogP contribution in [0, 0.1) is 20.8 Å². The summed E-state index contributed by atoms with van der Waals surface area (Å²) in [5, 5.41) is 1.77. The Kier molecular flexibility index (Phi) is 5.48. The Morgan fingerprint density at radius 2 is 1.96 bits per heavy atom. The van der Waals surface area contributed by atoms with Gasteiger partial charge in [-0.15, -0.1) is 11.3 Å². The van der Waals surface area contributed by atoms with E-state index in [4.69, 9.17) is 0 Å². The fourth-order valence-corrected chi connectivity index (χ4v) is 4.35. The van der Waals surface area contributed by atoms with E-state index in [1.54, 1.807) is 29.5 Å². The number of rotatable bonds is 4. The van der Waals surface area contributed by atoms with E-state index in [0.29, 0.717) is 5.82 Å². The average Bonchev–Trinajstić information content (AvgIpc) is 2.92. The summed E-state index contributed by atoms with van der Waals surface area (Å²) < 4.78 is 0. The molecular weight excluding hydrogens is 370 g/mol. The molecule has 0 atom stereocenters. The zero-order valence-electron chi connectivity index (χ0n) is 14.5. The minimum atomic E-state index is -0.464. The highest BCUT2D eigenvalue weighted by atomic mass is 32.2. The van der Waals surface area contributed by atoms with Crippen molar-refractivity contribution in [2.24, 2.45) is 0 Å². The summed E-state index contributed by atoms with van der Waals surface area (Å²) in [6.07, 6.45) is 1.51. The molecule has 2 N–H and O–H groups in total. The zero-order chi connectivity index (χ0) is 18.7. The average molecular weight is 387 g/mol. The smallest absolute Gasteiger partial charge is 0.272 e. The first-order valence-corrected chi connectivity index (χ1v) is 9.63. The molecule has 0 fully saturated rings. The lowest BCUT2D eigenvalue weighted by Gasteiger charge is -2.07. The number of hydrogen-bond donors (Lipinski definition) is 2. The molecular formula is C17H17N5O2S2. The van der Waals surface area contributed by atoms with Crippen molar-refractivity contribution in [1.29, 1.82) is 0 Å². The van der Waals surface area contributed by atoms with Gasteiger partial charge >= 0.3 is 0 Å². The first-order valence-electron chi connectivity index (χ1n) is 7.83. The minimum Gasteiger partial charge on any atom is -0.272 e. The summed E-state index contributed by atoms with van der Waals surface area (Å²) in [6, 6.07) is 4.98. The van der Waals surface area contributed by atoms with Crippen LogP contribution >= 0.6 is 23.1 Å². The normalized spacial score (nSPS) is 10.7. The molecule has 2 amide bonds. The standard InChI is InChI=1S/C17H17N5O2S2/c1-9-10(2)26-17-14(9)16(19-11(3)20-17)25-8-13(23)21-22-15(24)12-6-4-5-7-18-12/h4-7H,8H2,1-3H3,(H,21,23)(H,22,24). The number of amides is 2. The van der Waals surface area contributed by atoms with Crippen molar-refractivity contribution in [3.8, 4) is 0 Å². The SMILES string of the molecule is Cc1nc(SCC(=O)NNC(=O)c2ccccn2)c2c(C)c(C)sc2n1. The number of hydrazine groups is 1. The molecule has 0 aliphatic rings. The Morgan fingerprint density at radius 1 is 1.15 bits per heavy atom. The molecule has 0 radical (unpaired) electrons. The van der Waals surface area contributed by atoms with E-state index in [0.717, 1.165) is 20.8 Å². The molecule has 3 rings (SSSR count). The summed E-state index contributed by atoms with van der Waals surface area (Å²) in [7, 11) is 0. The van der Waals surface area contributed by atoms with Crippen molar-refractivity contribution in [2.75, 3.05) is 5.75 Å². The lowest BCUT2D eigenvalue weighted by molar-refractivity contribution is -0.119. The van der Waals surface area contributed by atoms with Gasteiger partial charge in [-0.2, -0.15) is 0 Å². The van der Waals surface area contributed by atoms with Gasteiger partial charge in [0.05, 0.1) is 5.75 Å². The lowest BCUT2D eigenvalue weighted by atomic mass is 10.2. The van der Waals surface area contributed by atoms with Gasteiger partial charge in [-0.05, 0) is 38.5 Å². The Balaban J connectivity index is 1.63. The molecule has 0 spiro atoms. The van der Waals surface area contributed by atoms with Crippen LogP contribution in [0.25, 0.3) is 10.2 Å². The van der Waals surface area contributed by atoms with Gasteiger partial charge in [0, 0.05) is 16.5 Å². The summed E-state index contributed by atoms with van der Waals surface area (Å²) in [5.74, 6) is 0.00879. The number of nitrogens with zero attached hydrogens (tertiary/aromatic N) is 3. The van der Waals surface area contributed by atoms with E-state index in [1.165, 1.54) is 22.8 Å². The lowest BCUT2D eigenvalue weighted by Crippen LogP contribution is -2.42. The molecule has 3 aromatic rings. The van der Waals surface area contributed by atoms with Crippen molar-refractivity contribution < 1.29 is 9.59 Å². The van der Waals surface area contributed by atoms with Crippen molar-refractivity contribution in [3.63, 3.8) is 0 Å². The highest BCUT2D eigenvalue weighted by molar-refractivity contribution is 8.00. The molecule has 0 aliphatic carbocycles. The van der Waals surface area contributed by atoms with Crippen LogP contribution in [0.3, 0.4) is 0 Å². The van der Waals surface area contributed by atoms with Crippen LogP contribution in [-0.2, 0) is 4.79 Å². The number of aromatic nitrogens is 3. The molecule has 0 bridgehead atoms. The second kappa shape index (κ2) is 7.79. The number of hydrogen-bond acceptors (Lipinski definition) is 7. The van der Waals surface area contributed by atoms with Crippen LogP contribution in [0.4, 0.5) is 0 Å². The van der Waals surface area contributed by atoms with Crippen molar-refractivity contribution in [1.82, 2.24) is 25.8 Å². The summed E-state index contributed by atoms with van der Waals surface area (Å²) in [5.41, 5.74) is 6.12. The second-order valence-electron chi connectivity index (χ2n) is 5.55. The largest absolute Gasteiger partial charge is 0.288 e. The number of fused-ring (bicyclic) bond motifs is 1. The van der Waals surface area contributed by atoms with Gasteiger partial charge in [0.25, 0.3) is 5.91 Å². The van der Waals surface area contributed by atoms with Gasteiger partial charge in [0.2, 0.25) is 5.91 Å². The molecule has 3 heterocycles. The van der Waals surface area contributed by atoms with Crippen LogP contribution in [0.2, 0.25) is 0 Å². The van der Waals surface area contributed by atoms with E-state index < -0.39 is 5.91 Å². The van der Waals surface area contributed by atoms with E-state index >= 15 is 0 Å². The number of pyridine rings is 1. The summed E-state index contributed by atoms with van der Waals surface area (Å²) in [4.78, 5) is 38.9. The molecule has 26 heavy (non-hydrogen) atoms. The van der Waals surface area contributed by atoms with Crippen LogP contribution in [0.15, 0.2) is 29.4 Å². The third-order valence-electron chi connectivity index (χ3n) is 3.66. The van der Waals surface area contributed by atoms with E-state index in [-0.39, 0.29) is 17.4 Å². The van der Waals surface area contributed by atoms with Gasteiger partial charge in [0.1, 0.15) is 21.4 Å². The predicted octanol–water partition coefficient (Wildman–Crippen LogP) is 2.56. The molecule has 0 saturated heterocycles. The molecule has 9 heteroatoms. The number of carbonyl (C=O) groups is 2. The maximum Gasteiger partial charge on any atom is 0.288 e. The number of carbonyl (C=O) groups excluding carboxylic acids is 2. The first-order chi connectivity index (χ1) is 12.5. The third-order valence-corrected chi connectivity index (χ3v) is 5.74. The van der Waals surface area contributed by atoms with Gasteiger partial charge in [-0.25, -0.2) is 9.97 Å². The molecule has 0 saturated carbocycles. The topological polar surface area (TPSA) is 96.9 Å². The highest BCUT2D eigenvalue weighted by Gasteiger charge is 2.15. The second-order valence-corrected chi connectivity index (χ2v) is 7.71. The summed E-state index contributed by atoms with van der Waals surface area (Å²) >= 11 is 2.95. The maximum absolute atomic E-state index is 12.1. The Labute approximate surface area is 158 Å². The molecule has 0 aliphatic heterocycles. The Hall–Kier alpha value is -2.52. The number of thiophene rings is 1. The first kappa shape index (κ1) is 18.3. The number of nitrogens with one attached hydrogen (secondary N) is 2. The minimum absolute atomic E-state index is 0.127. The van der Waals surface area contributed by atoms with E-state index in [1.807, 2.05) is 20.8 Å². The van der Waals surface area contributed by atoms with Crippen LogP contribution in [-0.4, -0.2) is 32.5 Å². The number of aryl methyl sites for hydroxylation is 3. The quantitative estimate of drug-likeness (QED) is 0.406. The van der Waals surface area contributed by atoms with Crippen LogP contribution in [0.1, 0.15) is 26.8 Å². The van der Waals surface area contributed by atoms with Crippen LogP contribution < -0.4 is 10.9 Å². The fourth-order valence-electron chi connectivity index (χ4n) is 2.28. The Morgan fingerprint density at radius 3 is 2.69 bits per heavy atom. The van der Waals surface area contributed by atoms with Gasteiger partial charge in [0.15, 0.2) is 0 Å². The van der Waals surface area contributed by atoms with Crippen molar-refractivity contribution >= 4 is 45.1 Å². The van der Waals surface area contributed by atoms with E-state index in [2.05, 4.69) is 25.8 Å². The third kappa shape index (κ3) is 4.00. The molecule has 0 unspecified atom stereocenters. The molecule has 134 valence electrons. The van der Waals surface area contributed by atoms with E-state index in [9.17, 15) is 9.59 Å².